The summed E-state index contributed by atoms with van der Waals surface area (Å²) in [5, 5.41) is 21.3. The van der Waals surface area contributed by atoms with Gasteiger partial charge in [-0.2, -0.15) is 0 Å². The summed E-state index contributed by atoms with van der Waals surface area (Å²) in [6.07, 6.45) is 73.8. The van der Waals surface area contributed by atoms with Crippen LogP contribution in [0.5, 0.6) is 0 Å². The first-order valence-corrected chi connectivity index (χ1v) is 34.2. The average molecular weight is 1090 g/mol. The van der Waals surface area contributed by atoms with Crippen LogP contribution in [0.2, 0.25) is 0 Å². The molecule has 75 heavy (non-hydrogen) atoms. The van der Waals surface area contributed by atoms with Crippen LogP contribution < -0.4 is 10.2 Å². The van der Waals surface area contributed by atoms with Crippen LogP contribution in [0.4, 0.5) is 0 Å². The third-order valence-corrected chi connectivity index (χ3v) is 16.0. The van der Waals surface area contributed by atoms with E-state index >= 15 is 0 Å². The Balaban J connectivity index is -0.00000136. The molecule has 0 bridgehead atoms. The predicted octanol–water partition coefficient (Wildman–Crippen LogP) is 19.6. The summed E-state index contributed by atoms with van der Waals surface area (Å²) >= 11 is 0. The van der Waals surface area contributed by atoms with E-state index in [1.165, 1.54) is 334 Å². The number of rotatable bonds is 64. The van der Waals surface area contributed by atoms with Crippen molar-refractivity contribution in [3.63, 3.8) is 0 Å². The Labute approximate surface area is 502 Å². The van der Waals surface area contributed by atoms with Crippen LogP contribution in [0.3, 0.4) is 0 Å². The van der Waals surface area contributed by atoms with Gasteiger partial charge in [0.15, 0.2) is 0 Å². The monoisotopic (exact) mass is 1090 g/mol. The molecule has 0 spiro atoms. The smallest absolute Gasteiger partial charge is 0.550 e. The van der Waals surface area contributed by atoms with E-state index in [9.17, 15) is 19.8 Å². The van der Waals surface area contributed by atoms with Crippen molar-refractivity contribution in [3.05, 3.63) is 0 Å². The number of aliphatic carboxylic acids is 2. The molecule has 0 N–H and O–H groups in total. The Hall–Kier alpha value is 0.120. The standard InChI is InChI=1S/2C34H69NO2.Ca/c2*1-3-5-7-9-11-13-15-17-19-21-23-27-31-35(33-29-25-26-30-34(36)37)32-28-24-22-20-18-16-14-12-10-8-6-4-2;/h2*3-33H2,1-2H3,(H,36,37);/q;;+2/p-2. The fraction of sp³-hybridized carbons (Fsp3) is 0.971. The number of carboxylic acids is 2. The molecule has 0 atom stereocenters. The molecule has 7 heteroatoms. The number of carboxylic acid groups (broad SMARTS) is 2. The summed E-state index contributed by atoms with van der Waals surface area (Å²) in [5.41, 5.74) is 0. The molecule has 0 fully saturated rings. The summed E-state index contributed by atoms with van der Waals surface area (Å²) in [6, 6.07) is 0. The predicted molar refractivity (Wildman–Crippen MR) is 330 cm³/mol. The Morgan fingerprint density at radius 3 is 0.467 bits per heavy atom. The third kappa shape index (κ3) is 74.1. The van der Waals surface area contributed by atoms with Gasteiger partial charge in [-0.15, -0.1) is 0 Å². The number of carbonyl (C=O) groups is 2. The van der Waals surface area contributed by atoms with E-state index in [1.54, 1.807) is 0 Å². The molecule has 0 aromatic heterocycles. The van der Waals surface area contributed by atoms with Crippen LogP contribution in [-0.2, 0) is 9.59 Å². The molecule has 0 radical (unpaired) electrons. The van der Waals surface area contributed by atoms with Gasteiger partial charge >= 0.3 is 37.7 Å². The summed E-state index contributed by atoms with van der Waals surface area (Å²) < 4.78 is 0. The largest absolute Gasteiger partial charge is 2.00 e. The molecule has 444 valence electrons. The zero-order chi connectivity index (χ0) is 54.2. The molecule has 0 rings (SSSR count). The van der Waals surface area contributed by atoms with Crippen LogP contribution in [0.25, 0.3) is 0 Å². The fourth-order valence-electron chi connectivity index (χ4n) is 10.9. The second-order valence-electron chi connectivity index (χ2n) is 23.6. The first-order chi connectivity index (χ1) is 36.4. The van der Waals surface area contributed by atoms with E-state index in [-0.39, 0.29) is 50.6 Å². The fourth-order valence-corrected chi connectivity index (χ4v) is 10.9. The van der Waals surface area contributed by atoms with Gasteiger partial charge in [-0.1, -0.05) is 323 Å². The molecule has 0 saturated heterocycles. The average Bonchev–Trinajstić information content (AvgIpc) is 3.39. The van der Waals surface area contributed by atoms with Crippen LogP contribution in [0, 0.1) is 0 Å². The minimum Gasteiger partial charge on any atom is -0.550 e. The zero-order valence-electron chi connectivity index (χ0n) is 52.1. The molecule has 0 amide bonds. The molecule has 0 saturated carbocycles. The first kappa shape index (κ1) is 79.3. The maximum Gasteiger partial charge on any atom is 2.00 e. The van der Waals surface area contributed by atoms with E-state index in [2.05, 4.69) is 37.5 Å². The van der Waals surface area contributed by atoms with Gasteiger partial charge in [-0.25, -0.2) is 0 Å². The molecular weight excluding hydrogens is 949 g/mol. The second kappa shape index (κ2) is 72.1. The molecule has 0 heterocycles. The van der Waals surface area contributed by atoms with Crippen molar-refractivity contribution < 1.29 is 19.8 Å². The van der Waals surface area contributed by atoms with Gasteiger partial charge in [0.1, 0.15) is 0 Å². The van der Waals surface area contributed by atoms with Crippen molar-refractivity contribution in [1.29, 1.82) is 0 Å². The van der Waals surface area contributed by atoms with Crippen LogP contribution in [-0.4, -0.2) is 98.7 Å². The van der Waals surface area contributed by atoms with E-state index in [1.807, 2.05) is 0 Å². The van der Waals surface area contributed by atoms with Crippen molar-refractivity contribution in [2.45, 2.75) is 387 Å². The molecule has 0 aromatic rings. The van der Waals surface area contributed by atoms with Gasteiger partial charge < -0.3 is 29.6 Å². The normalized spacial score (nSPS) is 11.4. The quantitative estimate of drug-likeness (QED) is 0.0445. The van der Waals surface area contributed by atoms with Gasteiger partial charge in [0.2, 0.25) is 0 Å². The van der Waals surface area contributed by atoms with Gasteiger partial charge in [0, 0.05) is 11.9 Å². The summed E-state index contributed by atoms with van der Waals surface area (Å²) in [7, 11) is 0. The number of hydrogen-bond donors (Lipinski definition) is 0. The molecule has 0 aliphatic carbocycles. The third-order valence-electron chi connectivity index (χ3n) is 16.0. The summed E-state index contributed by atoms with van der Waals surface area (Å²) in [5.74, 6) is -1.80. The van der Waals surface area contributed by atoms with E-state index in [0.717, 1.165) is 51.6 Å². The summed E-state index contributed by atoms with van der Waals surface area (Å²) in [4.78, 5) is 26.7. The van der Waals surface area contributed by atoms with Gasteiger partial charge in [-0.3, -0.25) is 0 Å². The topological polar surface area (TPSA) is 86.7 Å². The Bertz CT molecular complexity index is 911. The van der Waals surface area contributed by atoms with Gasteiger partial charge in [0.05, 0.1) is 0 Å². The maximum absolute atomic E-state index is 10.7. The van der Waals surface area contributed by atoms with E-state index in [4.69, 9.17) is 0 Å². The Kier molecular flexibility index (Phi) is 76.3. The molecule has 6 nitrogen and oxygen atoms in total. The number of unbranched alkanes of at least 4 members (excludes halogenated alkanes) is 48. The van der Waals surface area contributed by atoms with Crippen molar-refractivity contribution in [2.24, 2.45) is 0 Å². The molecule has 0 aliphatic heterocycles. The SMILES string of the molecule is CCCCCCCCCCCCCCN(CCCCCCCCCCCCCC)CCCCCC(=O)[O-].CCCCCCCCCCCCCCN(CCCCCCCCCCCCCC)CCCCCC(=O)[O-].[Ca+2]. The molecule has 0 unspecified atom stereocenters. The Morgan fingerprint density at radius 2 is 0.333 bits per heavy atom. The molecular formula is C68H136CaN2O4. The van der Waals surface area contributed by atoms with Gasteiger partial charge in [0.25, 0.3) is 0 Å². The van der Waals surface area contributed by atoms with E-state index < -0.39 is 11.9 Å². The van der Waals surface area contributed by atoms with Crippen molar-refractivity contribution in [3.8, 4) is 0 Å². The second-order valence-corrected chi connectivity index (χ2v) is 23.6. The Morgan fingerprint density at radius 1 is 0.213 bits per heavy atom. The van der Waals surface area contributed by atoms with Crippen LogP contribution in [0.1, 0.15) is 387 Å². The van der Waals surface area contributed by atoms with Crippen LogP contribution >= 0.6 is 0 Å². The minimum atomic E-state index is -0.898. The van der Waals surface area contributed by atoms with Crippen molar-refractivity contribution in [1.82, 2.24) is 9.80 Å². The zero-order valence-corrected chi connectivity index (χ0v) is 54.3. The molecule has 0 aliphatic rings. The maximum atomic E-state index is 10.7. The van der Waals surface area contributed by atoms with Crippen molar-refractivity contribution in [2.75, 3.05) is 39.3 Å². The number of carbonyl (C=O) groups excluding carboxylic acids is 2. The minimum absolute atomic E-state index is 0. The van der Waals surface area contributed by atoms with Crippen LogP contribution in [0.15, 0.2) is 0 Å². The number of hydrogen-bond acceptors (Lipinski definition) is 6. The van der Waals surface area contributed by atoms with E-state index in [0.29, 0.717) is 0 Å². The van der Waals surface area contributed by atoms with Crippen molar-refractivity contribution >= 4 is 49.7 Å². The van der Waals surface area contributed by atoms with Gasteiger partial charge in [-0.05, 0) is 103 Å². The summed E-state index contributed by atoms with van der Waals surface area (Å²) in [6.45, 7) is 16.4. The molecule has 0 aromatic carbocycles. The first-order valence-electron chi connectivity index (χ1n) is 34.2. The number of nitrogens with zero attached hydrogens (tertiary/aromatic N) is 2.